The first-order valence-corrected chi connectivity index (χ1v) is 34.5. The number of carbonyl (C=O) groups excluding carboxylic acids is 1. The number of hydrogen-bond donors (Lipinski definition) is 3. The van der Waals surface area contributed by atoms with Gasteiger partial charge in [-0.1, -0.05) is 294 Å². The number of aliphatic hydroxyl groups excluding tert-OH is 1. The molecule has 0 aromatic rings. The third kappa shape index (κ3) is 60.1. The van der Waals surface area contributed by atoms with E-state index in [1.165, 1.54) is 257 Å². The smallest absolute Gasteiger partial charge is 0.387 e. The van der Waals surface area contributed by atoms with Crippen LogP contribution in [0.1, 0.15) is 322 Å². The van der Waals surface area contributed by atoms with Crippen molar-refractivity contribution in [2.75, 3.05) is 40.9 Å². The van der Waals surface area contributed by atoms with E-state index < -0.39 is 20.0 Å². The molecule has 0 heterocycles. The van der Waals surface area contributed by atoms with Gasteiger partial charge in [0.25, 0.3) is 0 Å². The molecule has 3 unspecified atom stereocenters. The molecule has 0 aliphatic rings. The molecule has 9 heteroatoms. The molecular formula is C67H130N2O6P+. The summed E-state index contributed by atoms with van der Waals surface area (Å²) in [5.74, 6) is -0.187. The Kier molecular flexibility index (Phi) is 56.9. The van der Waals surface area contributed by atoms with Crippen molar-refractivity contribution in [3.63, 3.8) is 0 Å². The molecule has 0 saturated heterocycles. The summed E-state index contributed by atoms with van der Waals surface area (Å²) >= 11 is 0. The Morgan fingerprint density at radius 2 is 0.724 bits per heavy atom. The zero-order valence-electron chi connectivity index (χ0n) is 51.3. The number of hydrogen-bond acceptors (Lipinski definition) is 5. The molecule has 0 fully saturated rings. The van der Waals surface area contributed by atoms with Crippen LogP contribution in [0, 0.1) is 0 Å². The molecule has 0 aliphatic heterocycles. The molecule has 3 N–H and O–H groups in total. The van der Waals surface area contributed by atoms with Gasteiger partial charge in [-0.2, -0.15) is 0 Å². The maximum atomic E-state index is 13.0. The molecule has 76 heavy (non-hydrogen) atoms. The summed E-state index contributed by atoms with van der Waals surface area (Å²) in [6, 6.07) is -0.870. The lowest BCUT2D eigenvalue weighted by Crippen LogP contribution is -2.45. The van der Waals surface area contributed by atoms with Crippen molar-refractivity contribution in [2.24, 2.45) is 0 Å². The zero-order valence-corrected chi connectivity index (χ0v) is 52.2. The van der Waals surface area contributed by atoms with Crippen LogP contribution in [0.2, 0.25) is 0 Å². The Labute approximate surface area is 473 Å². The van der Waals surface area contributed by atoms with E-state index in [2.05, 4.69) is 55.6 Å². The molecule has 0 saturated carbocycles. The van der Waals surface area contributed by atoms with Gasteiger partial charge in [-0.3, -0.25) is 13.8 Å². The Morgan fingerprint density at radius 3 is 1.05 bits per heavy atom. The monoisotopic (exact) mass is 1090 g/mol. The maximum Gasteiger partial charge on any atom is 0.472 e. The van der Waals surface area contributed by atoms with Crippen LogP contribution in [-0.2, 0) is 18.4 Å². The fourth-order valence-electron chi connectivity index (χ4n) is 9.84. The van der Waals surface area contributed by atoms with Gasteiger partial charge in [0.2, 0.25) is 5.91 Å². The third-order valence-electron chi connectivity index (χ3n) is 15.0. The number of nitrogens with zero attached hydrogens (tertiary/aromatic N) is 1. The maximum absolute atomic E-state index is 13.0. The van der Waals surface area contributed by atoms with Crippen LogP contribution in [0.25, 0.3) is 0 Å². The highest BCUT2D eigenvalue weighted by molar-refractivity contribution is 7.47. The van der Waals surface area contributed by atoms with Crippen molar-refractivity contribution >= 4 is 13.7 Å². The number of carbonyl (C=O) groups is 1. The molecular weight excluding hydrogens is 960 g/mol. The van der Waals surface area contributed by atoms with E-state index >= 15 is 0 Å². The van der Waals surface area contributed by atoms with Gasteiger partial charge in [0, 0.05) is 6.42 Å². The number of phosphoric acid groups is 1. The van der Waals surface area contributed by atoms with Crippen LogP contribution in [0.4, 0.5) is 0 Å². The molecule has 0 spiro atoms. The first-order valence-electron chi connectivity index (χ1n) is 33.0. The molecule has 448 valence electrons. The minimum Gasteiger partial charge on any atom is -0.387 e. The van der Waals surface area contributed by atoms with Crippen molar-refractivity contribution in [3.05, 3.63) is 48.6 Å². The van der Waals surface area contributed by atoms with Crippen LogP contribution in [0.15, 0.2) is 48.6 Å². The largest absolute Gasteiger partial charge is 0.472 e. The van der Waals surface area contributed by atoms with Crippen molar-refractivity contribution < 1.29 is 32.9 Å². The number of likely N-dealkylation sites (N-methyl/N-ethyl adjacent to an activating group) is 1. The second-order valence-electron chi connectivity index (χ2n) is 23.8. The quantitative estimate of drug-likeness (QED) is 0.0243. The van der Waals surface area contributed by atoms with Crippen LogP contribution < -0.4 is 5.32 Å². The van der Waals surface area contributed by atoms with E-state index in [0.29, 0.717) is 17.4 Å². The van der Waals surface area contributed by atoms with Gasteiger partial charge < -0.3 is 19.8 Å². The minimum absolute atomic E-state index is 0.0539. The second kappa shape index (κ2) is 58.1. The predicted molar refractivity (Wildman–Crippen MR) is 332 cm³/mol. The van der Waals surface area contributed by atoms with Gasteiger partial charge in [0.05, 0.1) is 39.9 Å². The Balaban J connectivity index is 3.99. The summed E-state index contributed by atoms with van der Waals surface area (Å²) in [5, 5.41) is 13.9. The van der Waals surface area contributed by atoms with E-state index in [9.17, 15) is 19.4 Å². The number of unbranched alkanes of at least 4 members (excludes halogenated alkanes) is 42. The van der Waals surface area contributed by atoms with Crippen molar-refractivity contribution in [1.29, 1.82) is 0 Å². The highest BCUT2D eigenvalue weighted by Crippen LogP contribution is 2.43. The molecule has 0 bridgehead atoms. The van der Waals surface area contributed by atoms with E-state index in [1.54, 1.807) is 6.08 Å². The highest BCUT2D eigenvalue weighted by atomic mass is 31.2. The summed E-state index contributed by atoms with van der Waals surface area (Å²) in [7, 11) is 1.55. The molecule has 0 aliphatic carbocycles. The second-order valence-corrected chi connectivity index (χ2v) is 25.3. The topological polar surface area (TPSA) is 105 Å². The number of phosphoric ester groups is 1. The Morgan fingerprint density at radius 1 is 0.434 bits per heavy atom. The van der Waals surface area contributed by atoms with Gasteiger partial charge in [0.1, 0.15) is 13.2 Å². The molecule has 0 rings (SSSR count). The number of allylic oxidation sites excluding steroid dienone is 7. The van der Waals surface area contributed by atoms with Crippen molar-refractivity contribution in [2.45, 2.75) is 334 Å². The number of quaternary nitrogens is 1. The fraction of sp³-hybridized carbons (Fsp3) is 0.866. The number of rotatable bonds is 61. The first-order chi connectivity index (χ1) is 37.0. The highest BCUT2D eigenvalue weighted by Gasteiger charge is 2.28. The zero-order chi connectivity index (χ0) is 55.6. The summed E-state index contributed by atoms with van der Waals surface area (Å²) in [6.07, 6.45) is 78.4. The summed E-state index contributed by atoms with van der Waals surface area (Å²) < 4.78 is 23.7. The van der Waals surface area contributed by atoms with Gasteiger partial charge in [-0.05, 0) is 70.6 Å². The minimum atomic E-state index is -4.36. The van der Waals surface area contributed by atoms with Crippen LogP contribution >= 0.6 is 7.82 Å². The molecule has 0 radical (unpaired) electrons. The number of amides is 1. The molecule has 0 aromatic heterocycles. The van der Waals surface area contributed by atoms with Gasteiger partial charge >= 0.3 is 7.82 Å². The third-order valence-corrected chi connectivity index (χ3v) is 16.0. The lowest BCUT2D eigenvalue weighted by Gasteiger charge is -2.25. The van der Waals surface area contributed by atoms with E-state index in [4.69, 9.17) is 9.05 Å². The lowest BCUT2D eigenvalue weighted by atomic mass is 10.0. The van der Waals surface area contributed by atoms with Gasteiger partial charge in [-0.25, -0.2) is 4.57 Å². The first kappa shape index (κ1) is 74.5. The molecule has 8 nitrogen and oxygen atoms in total. The molecule has 1 amide bonds. The standard InChI is InChI=1S/C67H129N2O6P/c1-6-8-10-12-14-16-18-20-22-24-25-26-27-28-29-30-31-32-33-34-35-36-37-38-39-40-41-42-43-45-47-49-51-53-55-57-59-61-67(71)68-65(64-75-76(72,73)74-63-62-69(3,4)5)66(70)60-58-56-54-52-50-48-46-44-23-21-19-17-15-13-11-9-7-2/h23,32-33,44,50,52,58,60,65-66,70H,6-22,24-31,34-43,45-49,51,53-57,59,61-64H2,1-5H3,(H-,68,71,72,73)/p+1/b33-32-,44-23+,52-50+,60-58+. The Bertz CT molecular complexity index is 1380. The van der Waals surface area contributed by atoms with Crippen molar-refractivity contribution in [1.82, 2.24) is 5.32 Å². The van der Waals surface area contributed by atoms with Gasteiger partial charge in [0.15, 0.2) is 0 Å². The van der Waals surface area contributed by atoms with Crippen molar-refractivity contribution in [3.8, 4) is 0 Å². The summed E-state index contributed by atoms with van der Waals surface area (Å²) in [5.41, 5.74) is 0. The average molecular weight is 1090 g/mol. The van der Waals surface area contributed by atoms with E-state index in [-0.39, 0.29) is 19.1 Å². The number of nitrogens with one attached hydrogen (secondary N) is 1. The molecule has 0 aromatic carbocycles. The summed E-state index contributed by atoms with van der Waals surface area (Å²) in [4.78, 5) is 23.3. The summed E-state index contributed by atoms with van der Waals surface area (Å²) in [6.45, 7) is 4.81. The van der Waals surface area contributed by atoms with Crippen LogP contribution in [-0.4, -0.2) is 73.4 Å². The van der Waals surface area contributed by atoms with E-state index in [0.717, 1.165) is 44.9 Å². The van der Waals surface area contributed by atoms with E-state index in [1.807, 2.05) is 27.2 Å². The normalized spacial score (nSPS) is 14.0. The lowest BCUT2D eigenvalue weighted by molar-refractivity contribution is -0.870. The fourth-order valence-corrected chi connectivity index (χ4v) is 10.6. The predicted octanol–water partition coefficient (Wildman–Crippen LogP) is 20.7. The SMILES string of the molecule is CCCCCCCCC/C=C/CC/C=C/CC/C=C/C(O)C(COP(=O)(O)OCC[N+](C)(C)C)NC(=O)CCCCCCCCCCCCCCCCCCC/C=C\CCCCCCCCCCCCCCCCCC. The molecule has 3 atom stereocenters. The average Bonchev–Trinajstić information content (AvgIpc) is 3.38. The van der Waals surface area contributed by atoms with Crippen LogP contribution in [0.5, 0.6) is 0 Å². The Hall–Kier alpha value is -1.54. The number of aliphatic hydroxyl groups is 1. The van der Waals surface area contributed by atoms with Crippen LogP contribution in [0.3, 0.4) is 0 Å². The van der Waals surface area contributed by atoms with Gasteiger partial charge in [-0.15, -0.1) is 0 Å².